The molecule has 1 amide bonds. The number of hydrogen-bond donors (Lipinski definition) is 1. The molecular weight excluding hydrogens is 209 g/mol. The SMILES string of the molecule is NC(=O)c1ccc(F)c(Cn2ccnc2)c1. The Morgan fingerprint density at radius 3 is 2.94 bits per heavy atom. The summed E-state index contributed by atoms with van der Waals surface area (Å²) in [6, 6.07) is 4.07. The van der Waals surface area contributed by atoms with Crippen LogP contribution in [0.25, 0.3) is 0 Å². The minimum absolute atomic E-state index is 0.302. The van der Waals surface area contributed by atoms with Crippen molar-refractivity contribution >= 4 is 5.91 Å². The molecule has 0 unspecified atom stereocenters. The highest BCUT2D eigenvalue weighted by Gasteiger charge is 2.07. The van der Waals surface area contributed by atoms with Crippen LogP contribution < -0.4 is 5.73 Å². The first-order chi connectivity index (χ1) is 7.66. The van der Waals surface area contributed by atoms with E-state index in [-0.39, 0.29) is 5.82 Å². The van der Waals surface area contributed by atoms with E-state index in [1.165, 1.54) is 18.2 Å². The zero-order chi connectivity index (χ0) is 11.5. The average Bonchev–Trinajstić information content (AvgIpc) is 2.73. The molecule has 0 saturated heterocycles. The van der Waals surface area contributed by atoms with Gasteiger partial charge in [-0.3, -0.25) is 4.79 Å². The van der Waals surface area contributed by atoms with Crippen LogP contribution in [0.4, 0.5) is 4.39 Å². The molecule has 0 spiro atoms. The normalized spacial score (nSPS) is 10.3. The van der Waals surface area contributed by atoms with Crippen LogP contribution in [0.1, 0.15) is 15.9 Å². The van der Waals surface area contributed by atoms with Gasteiger partial charge in [0.2, 0.25) is 5.91 Å². The van der Waals surface area contributed by atoms with Crippen molar-refractivity contribution in [2.24, 2.45) is 5.73 Å². The molecular formula is C11H10FN3O. The van der Waals surface area contributed by atoms with Crippen molar-refractivity contribution < 1.29 is 9.18 Å². The zero-order valence-electron chi connectivity index (χ0n) is 8.43. The Morgan fingerprint density at radius 1 is 1.50 bits per heavy atom. The highest BCUT2D eigenvalue weighted by atomic mass is 19.1. The van der Waals surface area contributed by atoms with E-state index in [9.17, 15) is 9.18 Å². The fourth-order valence-corrected chi connectivity index (χ4v) is 1.43. The summed E-state index contributed by atoms with van der Waals surface area (Å²) < 4.78 is 15.2. The maximum atomic E-state index is 13.4. The second-order valence-corrected chi connectivity index (χ2v) is 3.41. The van der Waals surface area contributed by atoms with Crippen LogP contribution >= 0.6 is 0 Å². The van der Waals surface area contributed by atoms with Crippen LogP contribution in [0.5, 0.6) is 0 Å². The molecule has 0 aliphatic carbocycles. The van der Waals surface area contributed by atoms with Gasteiger partial charge < -0.3 is 10.3 Å². The van der Waals surface area contributed by atoms with Gasteiger partial charge in [0.25, 0.3) is 0 Å². The molecule has 82 valence electrons. The lowest BCUT2D eigenvalue weighted by Crippen LogP contribution is -2.12. The summed E-state index contributed by atoms with van der Waals surface area (Å²) in [5, 5.41) is 0. The molecule has 0 aliphatic rings. The van der Waals surface area contributed by atoms with E-state index in [1.54, 1.807) is 23.3 Å². The van der Waals surface area contributed by atoms with Crippen molar-refractivity contribution in [3.05, 3.63) is 53.9 Å². The third-order valence-corrected chi connectivity index (χ3v) is 2.24. The van der Waals surface area contributed by atoms with Crippen molar-refractivity contribution in [3.63, 3.8) is 0 Å². The van der Waals surface area contributed by atoms with Crippen LogP contribution in [0.3, 0.4) is 0 Å². The summed E-state index contributed by atoms with van der Waals surface area (Å²) in [6.45, 7) is 0.326. The van der Waals surface area contributed by atoms with Crippen molar-refractivity contribution in [3.8, 4) is 0 Å². The fourth-order valence-electron chi connectivity index (χ4n) is 1.43. The van der Waals surface area contributed by atoms with Crippen LogP contribution in [-0.4, -0.2) is 15.5 Å². The molecule has 2 N–H and O–H groups in total. The lowest BCUT2D eigenvalue weighted by Gasteiger charge is -2.05. The molecule has 0 bridgehead atoms. The Kier molecular flexibility index (Phi) is 2.68. The standard InChI is InChI=1S/C11H10FN3O/c12-10-2-1-8(11(13)16)5-9(10)6-15-4-3-14-7-15/h1-5,7H,6H2,(H2,13,16). The highest BCUT2D eigenvalue weighted by Crippen LogP contribution is 2.11. The summed E-state index contributed by atoms with van der Waals surface area (Å²) >= 11 is 0. The van der Waals surface area contributed by atoms with E-state index in [0.29, 0.717) is 17.7 Å². The first-order valence-corrected chi connectivity index (χ1v) is 4.71. The van der Waals surface area contributed by atoms with Crippen LogP contribution in [0.2, 0.25) is 0 Å². The van der Waals surface area contributed by atoms with Crippen molar-refractivity contribution in [2.75, 3.05) is 0 Å². The van der Waals surface area contributed by atoms with E-state index in [1.807, 2.05) is 0 Å². The van der Waals surface area contributed by atoms with E-state index < -0.39 is 5.91 Å². The van der Waals surface area contributed by atoms with Crippen LogP contribution in [0.15, 0.2) is 36.9 Å². The minimum Gasteiger partial charge on any atom is -0.366 e. The van der Waals surface area contributed by atoms with Gasteiger partial charge in [0, 0.05) is 23.5 Å². The molecule has 2 aromatic rings. The average molecular weight is 219 g/mol. The van der Waals surface area contributed by atoms with Crippen molar-refractivity contribution in [1.29, 1.82) is 0 Å². The van der Waals surface area contributed by atoms with Gasteiger partial charge in [-0.25, -0.2) is 9.37 Å². The number of halogens is 1. The molecule has 4 nitrogen and oxygen atoms in total. The number of nitrogens with two attached hydrogens (primary N) is 1. The monoisotopic (exact) mass is 219 g/mol. The zero-order valence-corrected chi connectivity index (χ0v) is 8.43. The number of aromatic nitrogens is 2. The fraction of sp³-hybridized carbons (Fsp3) is 0.0909. The number of benzene rings is 1. The van der Waals surface area contributed by atoms with Gasteiger partial charge in [-0.15, -0.1) is 0 Å². The molecule has 5 heteroatoms. The predicted molar refractivity (Wildman–Crippen MR) is 56.2 cm³/mol. The summed E-state index contributed by atoms with van der Waals surface area (Å²) in [6.07, 6.45) is 4.91. The number of nitrogens with zero attached hydrogens (tertiary/aromatic N) is 2. The number of rotatable bonds is 3. The quantitative estimate of drug-likeness (QED) is 0.842. The minimum atomic E-state index is -0.563. The Bertz CT molecular complexity index is 508. The third kappa shape index (κ3) is 2.08. The van der Waals surface area contributed by atoms with E-state index >= 15 is 0 Å². The Morgan fingerprint density at radius 2 is 2.31 bits per heavy atom. The molecule has 0 fully saturated rings. The Hall–Kier alpha value is -2.17. The Labute approximate surface area is 91.5 Å². The first-order valence-electron chi connectivity index (χ1n) is 4.71. The van der Waals surface area contributed by atoms with E-state index in [4.69, 9.17) is 5.73 Å². The maximum absolute atomic E-state index is 13.4. The van der Waals surface area contributed by atoms with Gasteiger partial charge in [-0.1, -0.05) is 0 Å². The Balaban J connectivity index is 2.32. The molecule has 0 atom stereocenters. The molecule has 0 radical (unpaired) electrons. The van der Waals surface area contributed by atoms with Crippen LogP contribution in [0, 0.1) is 5.82 Å². The largest absolute Gasteiger partial charge is 0.366 e. The first kappa shape index (κ1) is 10.4. The topological polar surface area (TPSA) is 60.9 Å². The summed E-state index contributed by atoms with van der Waals surface area (Å²) in [4.78, 5) is 14.8. The van der Waals surface area contributed by atoms with Gasteiger partial charge in [-0.05, 0) is 18.2 Å². The number of amides is 1. The van der Waals surface area contributed by atoms with Gasteiger partial charge in [0.05, 0.1) is 12.9 Å². The molecule has 1 aromatic heterocycles. The third-order valence-electron chi connectivity index (χ3n) is 2.24. The second kappa shape index (κ2) is 4.14. The molecule has 16 heavy (non-hydrogen) atoms. The lowest BCUT2D eigenvalue weighted by atomic mass is 10.1. The number of imidazole rings is 1. The molecule has 0 saturated carbocycles. The summed E-state index contributed by atoms with van der Waals surface area (Å²) in [7, 11) is 0. The van der Waals surface area contributed by atoms with Gasteiger partial charge in [-0.2, -0.15) is 0 Å². The lowest BCUT2D eigenvalue weighted by molar-refractivity contribution is 0.1000. The predicted octanol–water partition coefficient (Wildman–Crippen LogP) is 1.17. The van der Waals surface area contributed by atoms with E-state index in [2.05, 4.69) is 4.98 Å². The molecule has 1 aromatic carbocycles. The second-order valence-electron chi connectivity index (χ2n) is 3.41. The number of hydrogen-bond acceptors (Lipinski definition) is 2. The number of primary amides is 1. The molecule has 2 rings (SSSR count). The van der Waals surface area contributed by atoms with Crippen molar-refractivity contribution in [1.82, 2.24) is 9.55 Å². The van der Waals surface area contributed by atoms with Crippen LogP contribution in [-0.2, 0) is 6.54 Å². The highest BCUT2D eigenvalue weighted by molar-refractivity contribution is 5.92. The van der Waals surface area contributed by atoms with E-state index in [0.717, 1.165) is 0 Å². The van der Waals surface area contributed by atoms with Gasteiger partial charge >= 0.3 is 0 Å². The molecule has 1 heterocycles. The number of carbonyl (C=O) groups excluding carboxylic acids is 1. The smallest absolute Gasteiger partial charge is 0.248 e. The number of carbonyl (C=O) groups is 1. The van der Waals surface area contributed by atoms with Crippen molar-refractivity contribution in [2.45, 2.75) is 6.54 Å². The summed E-state index contributed by atoms with van der Waals surface area (Å²) in [5.74, 6) is -0.925. The summed E-state index contributed by atoms with van der Waals surface area (Å²) in [5.41, 5.74) is 5.84. The maximum Gasteiger partial charge on any atom is 0.248 e. The van der Waals surface area contributed by atoms with Gasteiger partial charge in [0.15, 0.2) is 0 Å². The molecule has 0 aliphatic heterocycles. The van der Waals surface area contributed by atoms with Gasteiger partial charge in [0.1, 0.15) is 5.82 Å².